The summed E-state index contributed by atoms with van der Waals surface area (Å²) in [6, 6.07) is 18.8. The largest absolute Gasteiger partial charge is 0.493 e. The standard InChI is InChI=1S/C24H24FNO4/c1-28-22-12-9-17(15-23(22)29-2)13-14-26-24(27)20-5-3-4-6-21(20)30-16-18-7-10-19(25)11-8-18/h3-12,15H,13-14,16H2,1-2H3,(H,26,27). The molecule has 0 unspecified atom stereocenters. The highest BCUT2D eigenvalue weighted by molar-refractivity contribution is 5.96. The molecular weight excluding hydrogens is 385 g/mol. The Labute approximate surface area is 175 Å². The minimum Gasteiger partial charge on any atom is -0.493 e. The van der Waals surface area contributed by atoms with Gasteiger partial charge < -0.3 is 19.5 Å². The summed E-state index contributed by atoms with van der Waals surface area (Å²) in [6.45, 7) is 0.705. The van der Waals surface area contributed by atoms with E-state index in [-0.39, 0.29) is 18.3 Å². The monoisotopic (exact) mass is 409 g/mol. The summed E-state index contributed by atoms with van der Waals surface area (Å²) in [6.07, 6.45) is 0.644. The number of para-hydroxylation sites is 1. The van der Waals surface area contributed by atoms with Crippen LogP contribution in [0.25, 0.3) is 0 Å². The van der Waals surface area contributed by atoms with Gasteiger partial charge in [-0.25, -0.2) is 4.39 Å². The summed E-state index contributed by atoms with van der Waals surface area (Å²) in [5.41, 5.74) is 2.29. The van der Waals surface area contributed by atoms with E-state index >= 15 is 0 Å². The second kappa shape index (κ2) is 10.3. The smallest absolute Gasteiger partial charge is 0.255 e. The third kappa shape index (κ3) is 5.50. The van der Waals surface area contributed by atoms with Crippen LogP contribution in [0, 0.1) is 5.82 Å². The van der Waals surface area contributed by atoms with Gasteiger partial charge in [0.15, 0.2) is 11.5 Å². The van der Waals surface area contributed by atoms with E-state index in [4.69, 9.17) is 14.2 Å². The van der Waals surface area contributed by atoms with E-state index in [1.54, 1.807) is 50.6 Å². The highest BCUT2D eigenvalue weighted by atomic mass is 19.1. The molecule has 0 aromatic heterocycles. The number of hydrogen-bond acceptors (Lipinski definition) is 4. The number of ether oxygens (including phenoxy) is 3. The summed E-state index contributed by atoms with van der Waals surface area (Å²) < 4.78 is 29.4. The van der Waals surface area contributed by atoms with Crippen LogP contribution in [0.2, 0.25) is 0 Å². The van der Waals surface area contributed by atoms with Crippen molar-refractivity contribution in [2.45, 2.75) is 13.0 Å². The maximum absolute atomic E-state index is 13.0. The van der Waals surface area contributed by atoms with Crippen molar-refractivity contribution in [3.63, 3.8) is 0 Å². The number of amides is 1. The summed E-state index contributed by atoms with van der Waals surface area (Å²) in [4.78, 5) is 12.6. The predicted molar refractivity (Wildman–Crippen MR) is 113 cm³/mol. The van der Waals surface area contributed by atoms with Crippen LogP contribution in [0.1, 0.15) is 21.5 Å². The summed E-state index contributed by atoms with van der Waals surface area (Å²) in [5.74, 6) is 1.28. The molecule has 156 valence electrons. The van der Waals surface area contributed by atoms with Crippen molar-refractivity contribution in [2.75, 3.05) is 20.8 Å². The molecule has 0 atom stereocenters. The molecule has 0 aliphatic heterocycles. The van der Waals surface area contributed by atoms with E-state index in [0.717, 1.165) is 11.1 Å². The Kier molecular flexibility index (Phi) is 7.27. The molecule has 0 saturated carbocycles. The van der Waals surface area contributed by atoms with Gasteiger partial charge in [-0.1, -0.05) is 30.3 Å². The highest BCUT2D eigenvalue weighted by Crippen LogP contribution is 2.27. The highest BCUT2D eigenvalue weighted by Gasteiger charge is 2.12. The minimum absolute atomic E-state index is 0.217. The Balaban J connectivity index is 1.58. The van der Waals surface area contributed by atoms with Gasteiger partial charge in [-0.3, -0.25) is 4.79 Å². The first-order valence-corrected chi connectivity index (χ1v) is 9.56. The van der Waals surface area contributed by atoms with E-state index in [2.05, 4.69) is 5.32 Å². The average Bonchev–Trinajstić information content (AvgIpc) is 2.78. The number of methoxy groups -OCH3 is 2. The van der Waals surface area contributed by atoms with Gasteiger partial charge in [0, 0.05) is 6.54 Å². The second-order valence-corrected chi connectivity index (χ2v) is 6.61. The van der Waals surface area contributed by atoms with E-state index < -0.39 is 0 Å². The van der Waals surface area contributed by atoms with E-state index in [9.17, 15) is 9.18 Å². The average molecular weight is 409 g/mol. The lowest BCUT2D eigenvalue weighted by atomic mass is 10.1. The molecule has 0 radical (unpaired) electrons. The van der Waals surface area contributed by atoms with Gasteiger partial charge in [0.1, 0.15) is 18.2 Å². The normalized spacial score (nSPS) is 10.4. The molecular formula is C24H24FNO4. The van der Waals surface area contributed by atoms with Crippen LogP contribution in [0.3, 0.4) is 0 Å². The molecule has 0 aliphatic rings. The van der Waals surface area contributed by atoms with E-state index in [1.165, 1.54) is 12.1 Å². The number of hydrogen-bond donors (Lipinski definition) is 1. The van der Waals surface area contributed by atoms with Crippen molar-refractivity contribution < 1.29 is 23.4 Å². The van der Waals surface area contributed by atoms with Crippen molar-refractivity contribution in [1.82, 2.24) is 5.32 Å². The Morgan fingerprint density at radius 2 is 1.57 bits per heavy atom. The predicted octanol–water partition coefficient (Wildman–Crippen LogP) is 4.39. The van der Waals surface area contributed by atoms with Crippen LogP contribution >= 0.6 is 0 Å². The first-order chi connectivity index (χ1) is 14.6. The van der Waals surface area contributed by atoms with E-state index in [0.29, 0.717) is 35.8 Å². The zero-order valence-electron chi connectivity index (χ0n) is 17.0. The molecule has 6 heteroatoms. The quantitative estimate of drug-likeness (QED) is 0.569. The van der Waals surface area contributed by atoms with Crippen molar-refractivity contribution in [2.24, 2.45) is 0 Å². The fourth-order valence-electron chi connectivity index (χ4n) is 2.97. The van der Waals surface area contributed by atoms with Crippen LogP contribution in [0.15, 0.2) is 66.7 Å². The first kappa shape index (κ1) is 21.2. The molecule has 5 nitrogen and oxygen atoms in total. The van der Waals surface area contributed by atoms with Gasteiger partial charge >= 0.3 is 0 Å². The summed E-state index contributed by atoms with van der Waals surface area (Å²) >= 11 is 0. The molecule has 3 rings (SSSR count). The summed E-state index contributed by atoms with van der Waals surface area (Å²) in [7, 11) is 3.18. The summed E-state index contributed by atoms with van der Waals surface area (Å²) in [5, 5.41) is 2.92. The van der Waals surface area contributed by atoms with Crippen LogP contribution in [-0.4, -0.2) is 26.7 Å². The van der Waals surface area contributed by atoms with Gasteiger partial charge in [-0.15, -0.1) is 0 Å². The fraction of sp³-hybridized carbons (Fsp3) is 0.208. The van der Waals surface area contributed by atoms with Crippen molar-refractivity contribution in [1.29, 1.82) is 0 Å². The van der Waals surface area contributed by atoms with Crippen LogP contribution in [0.5, 0.6) is 17.2 Å². The number of halogens is 1. The number of benzene rings is 3. The molecule has 0 saturated heterocycles. The lowest BCUT2D eigenvalue weighted by Crippen LogP contribution is -2.26. The van der Waals surface area contributed by atoms with Gasteiger partial charge in [-0.2, -0.15) is 0 Å². The molecule has 1 amide bonds. The maximum Gasteiger partial charge on any atom is 0.255 e. The Morgan fingerprint density at radius 1 is 0.867 bits per heavy atom. The third-order valence-corrected chi connectivity index (χ3v) is 4.59. The molecule has 0 fully saturated rings. The van der Waals surface area contributed by atoms with Gasteiger partial charge in [-0.05, 0) is 53.9 Å². The molecule has 0 heterocycles. The molecule has 0 bridgehead atoms. The lowest BCUT2D eigenvalue weighted by molar-refractivity contribution is 0.0949. The maximum atomic E-state index is 13.0. The van der Waals surface area contributed by atoms with Crippen molar-refractivity contribution >= 4 is 5.91 Å². The molecule has 3 aromatic rings. The molecule has 1 N–H and O–H groups in total. The zero-order chi connectivity index (χ0) is 21.3. The molecule has 30 heavy (non-hydrogen) atoms. The van der Waals surface area contributed by atoms with Crippen LogP contribution in [-0.2, 0) is 13.0 Å². The topological polar surface area (TPSA) is 56.8 Å². The molecule has 0 spiro atoms. The van der Waals surface area contributed by atoms with Crippen molar-refractivity contribution in [3.05, 3.63) is 89.2 Å². The number of carbonyl (C=O) groups excluding carboxylic acids is 1. The molecule has 3 aromatic carbocycles. The molecule has 0 aliphatic carbocycles. The fourth-order valence-corrected chi connectivity index (χ4v) is 2.97. The van der Waals surface area contributed by atoms with Crippen molar-refractivity contribution in [3.8, 4) is 17.2 Å². The first-order valence-electron chi connectivity index (χ1n) is 9.56. The second-order valence-electron chi connectivity index (χ2n) is 6.61. The third-order valence-electron chi connectivity index (χ3n) is 4.59. The van der Waals surface area contributed by atoms with E-state index in [1.807, 2.05) is 18.2 Å². The lowest BCUT2D eigenvalue weighted by Gasteiger charge is -2.12. The van der Waals surface area contributed by atoms with Crippen LogP contribution in [0.4, 0.5) is 4.39 Å². The number of carbonyl (C=O) groups is 1. The number of nitrogens with one attached hydrogen (secondary N) is 1. The zero-order valence-corrected chi connectivity index (χ0v) is 17.0. The Morgan fingerprint density at radius 3 is 2.30 bits per heavy atom. The Hall–Kier alpha value is -3.54. The van der Waals surface area contributed by atoms with Gasteiger partial charge in [0.25, 0.3) is 5.91 Å². The van der Waals surface area contributed by atoms with Gasteiger partial charge in [0.05, 0.1) is 19.8 Å². The number of rotatable bonds is 9. The SMILES string of the molecule is COc1ccc(CCNC(=O)c2ccccc2OCc2ccc(F)cc2)cc1OC. The Bertz CT molecular complexity index is 989. The van der Waals surface area contributed by atoms with Gasteiger partial charge in [0.2, 0.25) is 0 Å². The van der Waals surface area contributed by atoms with Crippen LogP contribution < -0.4 is 19.5 Å². The minimum atomic E-state index is -0.298.